The van der Waals surface area contributed by atoms with Crippen molar-refractivity contribution in [2.75, 3.05) is 68.8 Å². The van der Waals surface area contributed by atoms with Crippen molar-refractivity contribution in [1.82, 2.24) is 14.8 Å². The number of nitrogens with zero attached hydrogens (tertiary/aromatic N) is 5. The number of likely N-dealkylation sites (tertiary alicyclic amines) is 1. The number of anilines is 2. The zero-order valence-corrected chi connectivity index (χ0v) is 17.8. The minimum Gasteiger partial charge on any atom is -0.450 e. The van der Waals surface area contributed by atoms with E-state index in [0.29, 0.717) is 31.2 Å². The summed E-state index contributed by atoms with van der Waals surface area (Å²) in [4.78, 5) is 25.5. The zero-order valence-electron chi connectivity index (χ0n) is 17.8. The van der Waals surface area contributed by atoms with Crippen LogP contribution in [0.5, 0.6) is 0 Å². The summed E-state index contributed by atoms with van der Waals surface area (Å²) >= 11 is 0. The van der Waals surface area contributed by atoms with Gasteiger partial charge in [-0.15, -0.1) is 0 Å². The first-order valence-corrected chi connectivity index (χ1v) is 11.3. The summed E-state index contributed by atoms with van der Waals surface area (Å²) in [6, 6.07) is 4.62. The van der Waals surface area contributed by atoms with Gasteiger partial charge in [-0.3, -0.25) is 4.90 Å². The number of piperazine rings is 1. The highest BCUT2D eigenvalue weighted by atomic mass is 19.1. The average molecular weight is 418 g/mol. The lowest BCUT2D eigenvalue weighted by molar-refractivity contribution is -0.00294. The predicted octanol–water partition coefficient (Wildman–Crippen LogP) is 2.37. The molecule has 1 amide bonds. The number of rotatable bonds is 4. The molecule has 1 aromatic rings. The van der Waals surface area contributed by atoms with Crippen molar-refractivity contribution in [2.24, 2.45) is 5.41 Å². The van der Waals surface area contributed by atoms with Gasteiger partial charge in [0.25, 0.3) is 0 Å². The third kappa shape index (κ3) is 3.59. The van der Waals surface area contributed by atoms with Crippen molar-refractivity contribution in [3.05, 3.63) is 18.3 Å². The Bertz CT molecular complexity index is 773. The van der Waals surface area contributed by atoms with E-state index in [1.807, 2.05) is 24.1 Å². The molecule has 0 N–H and O–H groups in total. The van der Waals surface area contributed by atoms with Crippen molar-refractivity contribution in [1.29, 1.82) is 0 Å². The number of ether oxygens (including phenoxy) is 1. The summed E-state index contributed by atoms with van der Waals surface area (Å²) in [5.41, 5.74) is 1.37. The smallest absolute Gasteiger partial charge is 0.409 e. The third-order valence-electron chi connectivity index (χ3n) is 7.33. The lowest BCUT2D eigenvalue weighted by atomic mass is 9.78. The largest absolute Gasteiger partial charge is 0.450 e. The fourth-order valence-electron chi connectivity index (χ4n) is 5.68. The average Bonchev–Trinajstić information content (AvgIpc) is 3.17. The molecule has 3 aliphatic heterocycles. The van der Waals surface area contributed by atoms with Crippen LogP contribution in [-0.4, -0.2) is 92.1 Å². The van der Waals surface area contributed by atoms with Gasteiger partial charge in [-0.25, -0.2) is 14.2 Å². The van der Waals surface area contributed by atoms with Gasteiger partial charge in [0.05, 0.1) is 25.4 Å². The number of aromatic nitrogens is 1. The van der Waals surface area contributed by atoms with Crippen LogP contribution in [-0.2, 0) is 4.74 Å². The first-order chi connectivity index (χ1) is 14.6. The van der Waals surface area contributed by atoms with Crippen LogP contribution in [0, 0.1) is 5.41 Å². The molecule has 7 nitrogen and oxygen atoms in total. The van der Waals surface area contributed by atoms with Crippen LogP contribution in [0.15, 0.2) is 18.3 Å². The van der Waals surface area contributed by atoms with Crippen LogP contribution in [0.25, 0.3) is 0 Å². The second-order valence-electron chi connectivity index (χ2n) is 9.32. The van der Waals surface area contributed by atoms with Crippen LogP contribution in [0.2, 0.25) is 0 Å². The molecule has 1 aromatic heterocycles. The van der Waals surface area contributed by atoms with Gasteiger partial charge in [0, 0.05) is 56.9 Å². The molecule has 164 valence electrons. The number of alkyl halides is 1. The van der Waals surface area contributed by atoms with Crippen LogP contribution < -0.4 is 9.80 Å². The summed E-state index contributed by atoms with van der Waals surface area (Å²) in [7, 11) is 0. The highest BCUT2D eigenvalue weighted by Gasteiger charge is 2.51. The van der Waals surface area contributed by atoms with Crippen LogP contribution in [0.4, 0.5) is 20.7 Å². The van der Waals surface area contributed by atoms with Gasteiger partial charge >= 0.3 is 6.09 Å². The Morgan fingerprint density at radius 2 is 2.00 bits per heavy atom. The number of hydrogen-bond donors (Lipinski definition) is 0. The Balaban J connectivity index is 1.14. The van der Waals surface area contributed by atoms with E-state index in [-0.39, 0.29) is 6.09 Å². The van der Waals surface area contributed by atoms with Gasteiger partial charge in [-0.1, -0.05) is 0 Å². The monoisotopic (exact) mass is 417 g/mol. The molecule has 1 spiro atoms. The lowest BCUT2D eigenvalue weighted by Gasteiger charge is -2.48. The van der Waals surface area contributed by atoms with Gasteiger partial charge in [0.2, 0.25) is 0 Å². The standard InChI is InChI=1S/C22H32FN5O2/c1-2-30-21(29)28-15-22(16-28)6-5-18(12-22)25-8-10-26(11-9-25)20-19(4-3-7-24-20)27-13-17(23)14-27/h3-4,7,17-18H,2,5-6,8-16H2,1H3/t18-/m1/s1. The fourth-order valence-corrected chi connectivity index (χ4v) is 5.68. The number of carbonyl (C=O) groups excluding carboxylic acids is 1. The summed E-state index contributed by atoms with van der Waals surface area (Å²) < 4.78 is 18.5. The van der Waals surface area contributed by atoms with Crippen molar-refractivity contribution >= 4 is 17.6 Å². The zero-order chi connectivity index (χ0) is 20.7. The molecule has 1 aliphatic carbocycles. The molecule has 0 radical (unpaired) electrons. The van der Waals surface area contributed by atoms with Crippen LogP contribution in [0.3, 0.4) is 0 Å². The molecular formula is C22H32FN5O2. The molecule has 4 heterocycles. The van der Waals surface area contributed by atoms with E-state index in [1.165, 1.54) is 19.3 Å². The van der Waals surface area contributed by atoms with Gasteiger partial charge in [0.15, 0.2) is 5.82 Å². The molecule has 0 aromatic carbocycles. The second kappa shape index (κ2) is 7.87. The van der Waals surface area contributed by atoms with E-state index in [0.717, 1.165) is 50.8 Å². The molecule has 4 aliphatic rings. The molecule has 5 rings (SSSR count). The van der Waals surface area contributed by atoms with Crippen molar-refractivity contribution in [3.8, 4) is 0 Å². The number of halogens is 1. The van der Waals surface area contributed by atoms with E-state index < -0.39 is 6.17 Å². The molecule has 0 bridgehead atoms. The summed E-state index contributed by atoms with van der Waals surface area (Å²) in [5, 5.41) is 0. The number of amides is 1. The quantitative estimate of drug-likeness (QED) is 0.750. The SMILES string of the molecule is CCOC(=O)N1CC2(CC[C@@H](N3CCN(c4ncccc4N4CC(F)C4)CC3)C2)C1. The molecule has 8 heteroatoms. The molecule has 1 saturated carbocycles. The number of pyridine rings is 1. The summed E-state index contributed by atoms with van der Waals surface area (Å²) in [5.74, 6) is 0.996. The summed E-state index contributed by atoms with van der Waals surface area (Å²) in [6.07, 6.45) is 4.58. The molecular weight excluding hydrogens is 385 g/mol. The van der Waals surface area contributed by atoms with Crippen molar-refractivity contribution < 1.29 is 13.9 Å². The first-order valence-electron chi connectivity index (χ1n) is 11.3. The first kappa shape index (κ1) is 19.8. The van der Waals surface area contributed by atoms with Gasteiger partial charge in [0.1, 0.15) is 6.17 Å². The van der Waals surface area contributed by atoms with E-state index in [9.17, 15) is 9.18 Å². The minimum absolute atomic E-state index is 0.160. The van der Waals surface area contributed by atoms with Gasteiger partial charge in [-0.2, -0.15) is 0 Å². The van der Waals surface area contributed by atoms with Crippen LogP contribution in [0.1, 0.15) is 26.2 Å². The maximum absolute atomic E-state index is 13.3. The number of hydrogen-bond acceptors (Lipinski definition) is 6. The molecule has 1 atom stereocenters. The van der Waals surface area contributed by atoms with E-state index in [4.69, 9.17) is 4.74 Å². The fraction of sp³-hybridized carbons (Fsp3) is 0.727. The van der Waals surface area contributed by atoms with E-state index in [1.54, 1.807) is 0 Å². The minimum atomic E-state index is -0.712. The maximum Gasteiger partial charge on any atom is 0.409 e. The highest BCUT2D eigenvalue weighted by Crippen LogP contribution is 2.47. The summed E-state index contributed by atoms with van der Waals surface area (Å²) in [6.45, 7) is 8.93. The Labute approximate surface area is 177 Å². The van der Waals surface area contributed by atoms with Crippen LogP contribution >= 0.6 is 0 Å². The Kier molecular flexibility index (Phi) is 5.21. The molecule has 4 fully saturated rings. The van der Waals surface area contributed by atoms with E-state index >= 15 is 0 Å². The highest BCUT2D eigenvalue weighted by molar-refractivity contribution is 5.69. The third-order valence-corrected chi connectivity index (χ3v) is 7.33. The number of carbonyl (C=O) groups is 1. The predicted molar refractivity (Wildman–Crippen MR) is 114 cm³/mol. The topological polar surface area (TPSA) is 52.2 Å². The second-order valence-corrected chi connectivity index (χ2v) is 9.32. The molecule has 3 saturated heterocycles. The van der Waals surface area contributed by atoms with Gasteiger partial charge in [-0.05, 0) is 38.3 Å². The Hall–Kier alpha value is -2.09. The van der Waals surface area contributed by atoms with E-state index in [2.05, 4.69) is 25.8 Å². The maximum atomic E-state index is 13.3. The Morgan fingerprint density at radius 1 is 1.23 bits per heavy atom. The van der Waals surface area contributed by atoms with Gasteiger partial charge < -0.3 is 19.4 Å². The molecule has 0 unspecified atom stereocenters. The Morgan fingerprint density at radius 3 is 2.70 bits per heavy atom. The molecule has 30 heavy (non-hydrogen) atoms. The normalized spacial score (nSPS) is 26.6. The lowest BCUT2D eigenvalue weighted by Crippen LogP contribution is -2.58. The van der Waals surface area contributed by atoms with Crippen molar-refractivity contribution in [2.45, 2.75) is 38.4 Å². The van der Waals surface area contributed by atoms with Crippen molar-refractivity contribution in [3.63, 3.8) is 0 Å².